The molecular weight excluding hydrogens is 450 g/mol. The van der Waals surface area contributed by atoms with E-state index in [9.17, 15) is 28.1 Å². The van der Waals surface area contributed by atoms with Gasteiger partial charge in [0.25, 0.3) is 17.5 Å². The zero-order valence-corrected chi connectivity index (χ0v) is 17.6. The van der Waals surface area contributed by atoms with E-state index in [1.54, 1.807) is 36.4 Å². The first-order valence-electron chi connectivity index (χ1n) is 9.47. The second-order valence-electron chi connectivity index (χ2n) is 6.78. The molecule has 1 heterocycles. The number of rotatable bonds is 6. The Morgan fingerprint density at radius 2 is 1.55 bits per heavy atom. The van der Waals surface area contributed by atoms with E-state index in [4.69, 9.17) is 4.18 Å². The Balaban J connectivity index is 1.69. The summed E-state index contributed by atoms with van der Waals surface area (Å²) in [7, 11) is -4.59. The smallest absolute Gasteiger partial charge is 0.346 e. The molecule has 33 heavy (non-hydrogen) atoms. The van der Waals surface area contributed by atoms with Gasteiger partial charge in [-0.1, -0.05) is 48.5 Å². The molecule has 0 radical (unpaired) electrons. The van der Waals surface area contributed by atoms with Gasteiger partial charge in [-0.15, -0.1) is 0 Å². The number of nitro benzene ring substituents is 1. The van der Waals surface area contributed by atoms with E-state index in [-0.39, 0.29) is 16.9 Å². The molecular formula is C22H15N3O7S. The van der Waals surface area contributed by atoms with Gasteiger partial charge in [-0.05, 0) is 30.3 Å². The predicted octanol–water partition coefficient (Wildman–Crippen LogP) is 2.82. The first-order chi connectivity index (χ1) is 15.8. The van der Waals surface area contributed by atoms with Crippen LogP contribution >= 0.6 is 0 Å². The third-order valence-corrected chi connectivity index (χ3v) is 5.94. The minimum atomic E-state index is -4.59. The predicted molar refractivity (Wildman–Crippen MR) is 117 cm³/mol. The summed E-state index contributed by atoms with van der Waals surface area (Å²) in [4.78, 5) is 35.0. The molecule has 1 fully saturated rings. The lowest BCUT2D eigenvalue weighted by Gasteiger charge is -2.14. The molecule has 2 amide bonds. The monoisotopic (exact) mass is 465 g/mol. The number of nitrogens with one attached hydrogen (secondary N) is 1. The third kappa shape index (κ3) is 4.29. The fourth-order valence-electron chi connectivity index (χ4n) is 3.13. The van der Waals surface area contributed by atoms with E-state index in [1.165, 1.54) is 36.4 Å². The van der Waals surface area contributed by atoms with Gasteiger partial charge in [-0.3, -0.25) is 25.1 Å². The SMILES string of the molecule is O=C1NN(c2ccccc2)C(=O)/C1=C/c1ccccc1OS(=O)(=O)c1ccccc1[N+](=O)[O-]. The zero-order valence-electron chi connectivity index (χ0n) is 16.7. The number of hydrogen-bond acceptors (Lipinski definition) is 7. The Bertz CT molecular complexity index is 1400. The van der Waals surface area contributed by atoms with E-state index < -0.39 is 37.4 Å². The first-order valence-corrected chi connectivity index (χ1v) is 10.9. The van der Waals surface area contributed by atoms with Crippen molar-refractivity contribution in [2.24, 2.45) is 0 Å². The Labute approximate surface area is 188 Å². The number of carbonyl (C=O) groups excluding carboxylic acids is 2. The van der Waals surface area contributed by atoms with Crippen LogP contribution in [0.4, 0.5) is 11.4 Å². The van der Waals surface area contributed by atoms with Crippen molar-refractivity contribution < 1.29 is 27.1 Å². The third-order valence-electron chi connectivity index (χ3n) is 4.66. The molecule has 0 saturated carbocycles. The molecule has 0 bridgehead atoms. The van der Waals surface area contributed by atoms with Crippen LogP contribution in [0.1, 0.15) is 5.56 Å². The number of nitro groups is 1. The van der Waals surface area contributed by atoms with Gasteiger partial charge in [0.05, 0.1) is 10.6 Å². The van der Waals surface area contributed by atoms with Crippen LogP contribution in [0.5, 0.6) is 5.75 Å². The number of carbonyl (C=O) groups is 2. The summed E-state index contributed by atoms with van der Waals surface area (Å²) in [6, 6.07) is 19.0. The summed E-state index contributed by atoms with van der Waals surface area (Å²) >= 11 is 0. The highest BCUT2D eigenvalue weighted by molar-refractivity contribution is 7.87. The molecule has 166 valence electrons. The van der Waals surface area contributed by atoms with Crippen LogP contribution < -0.4 is 14.6 Å². The molecule has 0 unspecified atom stereocenters. The molecule has 0 aliphatic carbocycles. The van der Waals surface area contributed by atoms with E-state index >= 15 is 0 Å². The molecule has 3 aromatic rings. The Kier molecular flexibility index (Phi) is 5.63. The molecule has 0 atom stereocenters. The fourth-order valence-corrected chi connectivity index (χ4v) is 4.25. The summed E-state index contributed by atoms with van der Waals surface area (Å²) in [5.41, 5.74) is 2.13. The van der Waals surface area contributed by atoms with Crippen molar-refractivity contribution in [1.29, 1.82) is 0 Å². The van der Waals surface area contributed by atoms with Crippen LogP contribution in [0.15, 0.2) is 89.3 Å². The highest BCUT2D eigenvalue weighted by Crippen LogP contribution is 2.30. The molecule has 0 spiro atoms. The quantitative estimate of drug-likeness (QED) is 0.194. The van der Waals surface area contributed by atoms with E-state index in [0.717, 1.165) is 17.1 Å². The molecule has 1 aliphatic rings. The topological polar surface area (TPSA) is 136 Å². The Hall–Kier alpha value is -4.51. The molecule has 4 rings (SSSR count). The average molecular weight is 465 g/mol. The fraction of sp³-hybridized carbons (Fsp3) is 0. The molecule has 11 heteroatoms. The van der Waals surface area contributed by atoms with Gasteiger partial charge in [0.2, 0.25) is 0 Å². The van der Waals surface area contributed by atoms with Crippen molar-refractivity contribution in [3.05, 3.63) is 100 Å². The summed E-state index contributed by atoms with van der Waals surface area (Å²) in [6.45, 7) is 0. The van der Waals surface area contributed by atoms with Gasteiger partial charge in [0.15, 0.2) is 4.90 Å². The molecule has 3 aromatic carbocycles. The van der Waals surface area contributed by atoms with Crippen LogP contribution in [-0.2, 0) is 19.7 Å². The number of anilines is 1. The standard InChI is InChI=1S/C22H15N3O7S/c26-21-17(22(27)24(23-21)16-9-2-1-3-10-16)14-15-8-4-6-12-19(15)32-33(30,31)20-13-7-5-11-18(20)25(28)29/h1-14H,(H,23,26)/b17-14+. The van der Waals surface area contributed by atoms with E-state index in [1.807, 2.05) is 0 Å². The van der Waals surface area contributed by atoms with Crippen molar-refractivity contribution in [3.8, 4) is 5.75 Å². The van der Waals surface area contributed by atoms with Gasteiger partial charge in [0.1, 0.15) is 11.3 Å². The summed E-state index contributed by atoms with van der Waals surface area (Å²) in [6.07, 6.45) is 1.20. The lowest BCUT2D eigenvalue weighted by molar-refractivity contribution is -0.387. The van der Waals surface area contributed by atoms with Crippen LogP contribution in [0.2, 0.25) is 0 Å². The summed E-state index contributed by atoms with van der Waals surface area (Å²) in [5, 5.41) is 12.3. The Morgan fingerprint density at radius 1 is 0.909 bits per heavy atom. The van der Waals surface area contributed by atoms with Crippen molar-refractivity contribution in [1.82, 2.24) is 5.43 Å². The molecule has 1 N–H and O–H groups in total. The van der Waals surface area contributed by atoms with Gasteiger partial charge in [-0.25, -0.2) is 5.01 Å². The maximum absolute atomic E-state index is 12.8. The van der Waals surface area contributed by atoms with E-state index in [2.05, 4.69) is 5.43 Å². The highest BCUT2D eigenvalue weighted by Gasteiger charge is 2.35. The maximum Gasteiger partial charge on any atom is 0.346 e. The number of hydrogen-bond donors (Lipinski definition) is 1. The van der Waals surface area contributed by atoms with Gasteiger partial charge in [-0.2, -0.15) is 8.42 Å². The van der Waals surface area contributed by atoms with Crippen LogP contribution in [-0.4, -0.2) is 25.2 Å². The zero-order chi connectivity index (χ0) is 23.6. The second kappa shape index (κ2) is 8.55. The summed E-state index contributed by atoms with van der Waals surface area (Å²) in [5.74, 6) is -1.52. The lowest BCUT2D eigenvalue weighted by atomic mass is 10.1. The lowest BCUT2D eigenvalue weighted by Crippen LogP contribution is -2.35. The van der Waals surface area contributed by atoms with Crippen molar-refractivity contribution in [2.45, 2.75) is 4.90 Å². The normalized spacial score (nSPS) is 14.9. The van der Waals surface area contributed by atoms with E-state index in [0.29, 0.717) is 5.69 Å². The highest BCUT2D eigenvalue weighted by atomic mass is 32.2. The van der Waals surface area contributed by atoms with Crippen LogP contribution in [0.3, 0.4) is 0 Å². The number of nitrogens with zero attached hydrogens (tertiary/aromatic N) is 2. The molecule has 1 saturated heterocycles. The van der Waals surface area contributed by atoms with Gasteiger partial charge >= 0.3 is 10.1 Å². The van der Waals surface area contributed by atoms with Crippen LogP contribution in [0.25, 0.3) is 6.08 Å². The van der Waals surface area contributed by atoms with Gasteiger partial charge < -0.3 is 4.18 Å². The first kappa shape index (κ1) is 21.7. The van der Waals surface area contributed by atoms with Crippen molar-refractivity contribution in [3.63, 3.8) is 0 Å². The minimum Gasteiger partial charge on any atom is -0.378 e. The number of amides is 2. The van der Waals surface area contributed by atoms with Crippen molar-refractivity contribution in [2.75, 3.05) is 5.01 Å². The van der Waals surface area contributed by atoms with Crippen molar-refractivity contribution >= 4 is 39.4 Å². The van der Waals surface area contributed by atoms with Gasteiger partial charge in [0, 0.05) is 11.6 Å². The number of hydrazine groups is 1. The molecule has 1 aliphatic heterocycles. The number of benzene rings is 3. The second-order valence-corrected chi connectivity index (χ2v) is 8.29. The summed E-state index contributed by atoms with van der Waals surface area (Å²) < 4.78 is 30.7. The maximum atomic E-state index is 12.8. The molecule has 0 aromatic heterocycles. The largest absolute Gasteiger partial charge is 0.378 e. The molecule has 10 nitrogen and oxygen atoms in total. The average Bonchev–Trinajstić information content (AvgIpc) is 3.09. The Morgan fingerprint density at radius 3 is 2.27 bits per heavy atom. The minimum absolute atomic E-state index is 0.119. The van der Waals surface area contributed by atoms with Crippen LogP contribution in [0, 0.1) is 10.1 Å². The number of para-hydroxylation sites is 3.